The molecule has 3 rings (SSSR count). The third-order valence-corrected chi connectivity index (χ3v) is 4.93. The van der Waals surface area contributed by atoms with Gasteiger partial charge in [-0.15, -0.1) is 11.3 Å². The molecular weight excluding hydrogens is 312 g/mol. The summed E-state index contributed by atoms with van der Waals surface area (Å²) in [5.41, 5.74) is 2.02. The largest absolute Gasteiger partial charge is 0.497 e. The fraction of sp³-hybridized carbons (Fsp3) is 0.471. The van der Waals surface area contributed by atoms with Gasteiger partial charge in [0.05, 0.1) is 32.1 Å². The third kappa shape index (κ3) is 3.83. The molecule has 1 heterocycles. The van der Waals surface area contributed by atoms with E-state index in [0.29, 0.717) is 12.6 Å². The van der Waals surface area contributed by atoms with E-state index in [2.05, 4.69) is 10.3 Å². The Labute approximate surface area is 140 Å². The van der Waals surface area contributed by atoms with Gasteiger partial charge in [0.1, 0.15) is 16.5 Å². The highest BCUT2D eigenvalue weighted by Gasteiger charge is 2.29. The predicted octanol–water partition coefficient (Wildman–Crippen LogP) is 2.78. The number of ether oxygens (including phenoxy) is 2. The van der Waals surface area contributed by atoms with E-state index in [1.165, 1.54) is 12.8 Å². The highest BCUT2D eigenvalue weighted by atomic mass is 32.1. The van der Waals surface area contributed by atoms with E-state index in [4.69, 9.17) is 14.5 Å². The van der Waals surface area contributed by atoms with Crippen LogP contribution in [0.5, 0.6) is 11.5 Å². The van der Waals surface area contributed by atoms with E-state index >= 15 is 0 Å². The van der Waals surface area contributed by atoms with E-state index in [-0.39, 0.29) is 6.61 Å². The first kappa shape index (κ1) is 16.2. The van der Waals surface area contributed by atoms with Crippen molar-refractivity contribution in [2.24, 2.45) is 0 Å². The molecule has 1 aromatic heterocycles. The second-order valence-corrected chi connectivity index (χ2v) is 6.49. The Morgan fingerprint density at radius 1 is 1.30 bits per heavy atom. The summed E-state index contributed by atoms with van der Waals surface area (Å²) in [6.07, 6.45) is 2.45. The molecule has 0 saturated heterocycles. The van der Waals surface area contributed by atoms with Gasteiger partial charge in [-0.1, -0.05) is 0 Å². The number of hydrogen-bond donors (Lipinski definition) is 1. The van der Waals surface area contributed by atoms with Crippen molar-refractivity contribution in [3.8, 4) is 22.1 Å². The van der Waals surface area contributed by atoms with Gasteiger partial charge in [0.2, 0.25) is 0 Å². The molecule has 0 aliphatic heterocycles. The molecule has 0 atom stereocenters. The second kappa shape index (κ2) is 7.29. The van der Waals surface area contributed by atoms with Crippen LogP contribution in [-0.4, -0.2) is 48.4 Å². The van der Waals surface area contributed by atoms with Crippen LogP contribution in [0.4, 0.5) is 0 Å². The van der Waals surface area contributed by atoms with Crippen molar-refractivity contribution in [3.05, 3.63) is 29.3 Å². The summed E-state index contributed by atoms with van der Waals surface area (Å²) in [6.45, 7) is 1.70. The maximum absolute atomic E-state index is 9.20. The standard InChI is InChI=1S/C17H22N2O3S/c1-21-14-5-6-15(16(9-14)22-2)17-18-12(11-23-17)10-19(7-8-20)13-3-4-13/h5-6,9,11,13,20H,3-4,7-8,10H2,1-2H3. The minimum atomic E-state index is 0.194. The number of aliphatic hydroxyl groups is 1. The van der Waals surface area contributed by atoms with Gasteiger partial charge in [-0.3, -0.25) is 4.90 Å². The number of rotatable bonds is 8. The molecule has 124 valence electrons. The number of aliphatic hydroxyl groups excluding tert-OH is 1. The zero-order valence-corrected chi connectivity index (χ0v) is 14.3. The summed E-state index contributed by atoms with van der Waals surface area (Å²) in [6, 6.07) is 6.38. The van der Waals surface area contributed by atoms with E-state index in [9.17, 15) is 5.11 Å². The highest BCUT2D eigenvalue weighted by Crippen LogP contribution is 2.35. The first-order chi connectivity index (χ1) is 11.2. The molecule has 0 bridgehead atoms. The quantitative estimate of drug-likeness (QED) is 0.804. The highest BCUT2D eigenvalue weighted by molar-refractivity contribution is 7.13. The van der Waals surface area contributed by atoms with Gasteiger partial charge in [0.25, 0.3) is 0 Å². The lowest BCUT2D eigenvalue weighted by atomic mass is 10.2. The molecule has 0 unspecified atom stereocenters. The van der Waals surface area contributed by atoms with Crippen LogP contribution in [0.1, 0.15) is 18.5 Å². The molecule has 1 aliphatic carbocycles. The fourth-order valence-corrected chi connectivity index (χ4v) is 3.49. The number of nitrogens with zero attached hydrogens (tertiary/aromatic N) is 2. The van der Waals surface area contributed by atoms with Crippen LogP contribution >= 0.6 is 11.3 Å². The van der Waals surface area contributed by atoms with E-state index in [1.807, 2.05) is 18.2 Å². The zero-order valence-electron chi connectivity index (χ0n) is 13.5. The molecule has 1 fully saturated rings. The Kier molecular flexibility index (Phi) is 5.15. The summed E-state index contributed by atoms with van der Waals surface area (Å²) < 4.78 is 10.7. The molecule has 1 saturated carbocycles. The van der Waals surface area contributed by atoms with E-state index in [0.717, 1.165) is 34.3 Å². The van der Waals surface area contributed by atoms with Crippen molar-refractivity contribution in [2.75, 3.05) is 27.4 Å². The van der Waals surface area contributed by atoms with Crippen molar-refractivity contribution in [2.45, 2.75) is 25.4 Å². The molecule has 2 aromatic rings. The summed E-state index contributed by atoms with van der Waals surface area (Å²) in [5.74, 6) is 1.53. The maximum atomic E-state index is 9.20. The molecule has 0 radical (unpaired) electrons. The predicted molar refractivity (Wildman–Crippen MR) is 91.2 cm³/mol. The van der Waals surface area contributed by atoms with Crippen LogP contribution in [0.15, 0.2) is 23.6 Å². The summed E-state index contributed by atoms with van der Waals surface area (Å²) in [7, 11) is 3.30. The molecule has 0 spiro atoms. The Bertz CT molecular complexity index is 655. The fourth-order valence-electron chi connectivity index (χ4n) is 2.65. The lowest BCUT2D eigenvalue weighted by Crippen LogP contribution is -2.28. The summed E-state index contributed by atoms with van der Waals surface area (Å²) in [5, 5.41) is 12.2. The van der Waals surface area contributed by atoms with Crippen LogP contribution in [0.3, 0.4) is 0 Å². The van der Waals surface area contributed by atoms with Gasteiger partial charge in [-0.2, -0.15) is 0 Å². The average Bonchev–Trinajstić information content (AvgIpc) is 3.33. The van der Waals surface area contributed by atoms with Gasteiger partial charge in [0.15, 0.2) is 0 Å². The lowest BCUT2D eigenvalue weighted by molar-refractivity contribution is 0.182. The van der Waals surface area contributed by atoms with Crippen molar-refractivity contribution in [1.29, 1.82) is 0 Å². The third-order valence-electron chi connectivity index (χ3n) is 4.01. The van der Waals surface area contributed by atoms with Crippen molar-refractivity contribution >= 4 is 11.3 Å². The van der Waals surface area contributed by atoms with Crippen LogP contribution in [0, 0.1) is 0 Å². The van der Waals surface area contributed by atoms with Crippen molar-refractivity contribution in [1.82, 2.24) is 9.88 Å². The minimum absolute atomic E-state index is 0.194. The van der Waals surface area contributed by atoms with Crippen LogP contribution in [-0.2, 0) is 6.54 Å². The summed E-state index contributed by atoms with van der Waals surface area (Å²) in [4.78, 5) is 7.06. The molecular formula is C17H22N2O3S. The Morgan fingerprint density at radius 2 is 2.13 bits per heavy atom. The van der Waals surface area contributed by atoms with Gasteiger partial charge in [0, 0.05) is 30.6 Å². The minimum Gasteiger partial charge on any atom is -0.497 e. The second-order valence-electron chi connectivity index (χ2n) is 5.64. The smallest absolute Gasteiger partial charge is 0.132 e. The van der Waals surface area contributed by atoms with Crippen LogP contribution < -0.4 is 9.47 Å². The number of thiazole rings is 1. The molecule has 1 N–H and O–H groups in total. The normalized spacial score (nSPS) is 14.3. The Hall–Kier alpha value is -1.63. The zero-order chi connectivity index (χ0) is 16.2. The van der Waals surface area contributed by atoms with Gasteiger partial charge in [-0.05, 0) is 25.0 Å². The first-order valence-electron chi connectivity index (χ1n) is 7.77. The topological polar surface area (TPSA) is 54.8 Å². The molecule has 0 amide bonds. The molecule has 6 heteroatoms. The van der Waals surface area contributed by atoms with Gasteiger partial charge < -0.3 is 14.6 Å². The lowest BCUT2D eigenvalue weighted by Gasteiger charge is -2.19. The number of hydrogen-bond acceptors (Lipinski definition) is 6. The SMILES string of the molecule is COc1ccc(-c2nc(CN(CCO)C3CC3)cs2)c(OC)c1. The molecule has 1 aliphatic rings. The molecule has 1 aromatic carbocycles. The van der Waals surface area contributed by atoms with E-state index < -0.39 is 0 Å². The Morgan fingerprint density at radius 3 is 2.78 bits per heavy atom. The van der Waals surface area contributed by atoms with Crippen molar-refractivity contribution < 1.29 is 14.6 Å². The van der Waals surface area contributed by atoms with Crippen LogP contribution in [0.2, 0.25) is 0 Å². The molecule has 23 heavy (non-hydrogen) atoms. The van der Waals surface area contributed by atoms with Crippen LogP contribution in [0.25, 0.3) is 10.6 Å². The van der Waals surface area contributed by atoms with E-state index in [1.54, 1.807) is 25.6 Å². The van der Waals surface area contributed by atoms with Gasteiger partial charge >= 0.3 is 0 Å². The summed E-state index contributed by atoms with van der Waals surface area (Å²) >= 11 is 1.62. The first-order valence-corrected chi connectivity index (χ1v) is 8.65. The number of methoxy groups -OCH3 is 2. The molecule has 5 nitrogen and oxygen atoms in total. The monoisotopic (exact) mass is 334 g/mol. The van der Waals surface area contributed by atoms with Gasteiger partial charge in [-0.25, -0.2) is 4.98 Å². The average molecular weight is 334 g/mol. The number of benzene rings is 1. The maximum Gasteiger partial charge on any atom is 0.132 e. The Balaban J connectivity index is 1.78. The van der Waals surface area contributed by atoms with Crippen molar-refractivity contribution in [3.63, 3.8) is 0 Å². The number of aromatic nitrogens is 1.